The Kier molecular flexibility index (Phi) is 4.00. The molecule has 1 aromatic heterocycles. The minimum absolute atomic E-state index is 0.170. The van der Waals surface area contributed by atoms with Gasteiger partial charge in [-0.1, -0.05) is 0 Å². The Balaban J connectivity index is 1.91. The van der Waals surface area contributed by atoms with Crippen LogP contribution < -0.4 is 4.72 Å². The van der Waals surface area contributed by atoms with Crippen molar-refractivity contribution >= 4 is 21.4 Å². The second kappa shape index (κ2) is 5.68. The number of hydrogen-bond donors (Lipinski definition) is 1. The lowest BCUT2D eigenvalue weighted by Crippen LogP contribution is -2.30. The van der Waals surface area contributed by atoms with Crippen molar-refractivity contribution < 1.29 is 17.2 Å². The smallest absolute Gasteiger partial charge is 0.244 e. The molecule has 1 heterocycles. The lowest BCUT2D eigenvalue weighted by molar-refractivity contribution is 0.514. The maximum absolute atomic E-state index is 13.7. The summed E-state index contributed by atoms with van der Waals surface area (Å²) in [5.41, 5.74) is 0.817. The number of thiazole rings is 1. The summed E-state index contributed by atoms with van der Waals surface area (Å²) in [4.78, 5) is 3.78. The normalized spacial score (nSPS) is 16.7. The molecule has 1 saturated carbocycles. The molecule has 8 heteroatoms. The highest BCUT2D eigenvalue weighted by molar-refractivity contribution is 7.89. The summed E-state index contributed by atoms with van der Waals surface area (Å²) in [5.74, 6) is -1.74. The van der Waals surface area contributed by atoms with E-state index in [1.165, 1.54) is 11.3 Å². The fourth-order valence-corrected chi connectivity index (χ4v) is 4.56. The highest BCUT2D eigenvalue weighted by Crippen LogP contribution is 2.42. The second-order valence-electron chi connectivity index (χ2n) is 5.34. The molecular weight excluding hydrogens is 330 g/mol. The van der Waals surface area contributed by atoms with Gasteiger partial charge in [0.2, 0.25) is 10.0 Å². The molecule has 2 aromatic rings. The monoisotopic (exact) mass is 344 g/mol. The summed E-state index contributed by atoms with van der Waals surface area (Å²) >= 11 is 1.38. The van der Waals surface area contributed by atoms with Gasteiger partial charge in [0, 0.05) is 17.1 Å². The van der Waals surface area contributed by atoms with Crippen molar-refractivity contribution in [1.82, 2.24) is 9.71 Å². The lowest BCUT2D eigenvalue weighted by atomic mass is 10.2. The number of rotatable bonds is 5. The molecule has 3 rings (SSSR count). The van der Waals surface area contributed by atoms with E-state index in [2.05, 4.69) is 9.71 Å². The zero-order valence-corrected chi connectivity index (χ0v) is 13.3. The predicted molar refractivity (Wildman–Crippen MR) is 79.0 cm³/mol. The van der Waals surface area contributed by atoms with E-state index in [1.54, 1.807) is 0 Å². The van der Waals surface area contributed by atoms with Crippen molar-refractivity contribution in [1.29, 1.82) is 0 Å². The third kappa shape index (κ3) is 3.18. The second-order valence-corrected chi connectivity index (χ2v) is 7.91. The van der Waals surface area contributed by atoms with E-state index in [1.807, 2.05) is 12.3 Å². The molecule has 0 bridgehead atoms. The summed E-state index contributed by atoms with van der Waals surface area (Å²) < 4.78 is 54.0. The number of nitrogens with zero attached hydrogens (tertiary/aromatic N) is 1. The molecule has 4 nitrogen and oxygen atoms in total. The highest BCUT2D eigenvalue weighted by Gasteiger charge is 2.37. The van der Waals surface area contributed by atoms with Crippen LogP contribution >= 0.6 is 11.3 Å². The van der Waals surface area contributed by atoms with E-state index in [-0.39, 0.29) is 5.92 Å². The van der Waals surface area contributed by atoms with Gasteiger partial charge in [-0.15, -0.1) is 11.3 Å². The van der Waals surface area contributed by atoms with Crippen molar-refractivity contribution in [2.75, 3.05) is 0 Å². The van der Waals surface area contributed by atoms with Crippen LogP contribution in [0.5, 0.6) is 0 Å². The zero-order valence-electron chi connectivity index (χ0n) is 11.7. The molecule has 0 amide bonds. The first kappa shape index (κ1) is 15.5. The Bertz CT molecular complexity index is 801. The molecule has 1 atom stereocenters. The number of benzene rings is 1. The molecule has 22 heavy (non-hydrogen) atoms. The number of nitrogens with one attached hydrogen (secondary N) is 1. The van der Waals surface area contributed by atoms with Crippen molar-refractivity contribution in [3.8, 4) is 0 Å². The summed E-state index contributed by atoms with van der Waals surface area (Å²) in [6.45, 7) is 1.83. The molecule has 1 aliphatic rings. The van der Waals surface area contributed by atoms with Gasteiger partial charge in [0.05, 0.1) is 6.04 Å². The first-order valence-electron chi connectivity index (χ1n) is 6.76. The van der Waals surface area contributed by atoms with Crippen LogP contribution in [0.1, 0.15) is 29.6 Å². The number of aryl methyl sites for hydroxylation is 1. The van der Waals surface area contributed by atoms with Crippen LogP contribution in [0.4, 0.5) is 8.78 Å². The summed E-state index contributed by atoms with van der Waals surface area (Å²) in [6, 6.07) is 1.96. The third-order valence-corrected chi connectivity index (χ3v) is 5.98. The number of halogens is 2. The topological polar surface area (TPSA) is 59.1 Å². The Labute approximate surface area is 131 Å². The van der Waals surface area contributed by atoms with Crippen LogP contribution in [0.2, 0.25) is 0 Å². The van der Waals surface area contributed by atoms with Gasteiger partial charge in [-0.2, -0.15) is 0 Å². The Hall–Kier alpha value is -1.38. The minimum Gasteiger partial charge on any atom is -0.245 e. The Morgan fingerprint density at radius 2 is 2.09 bits per heavy atom. The molecule has 0 aliphatic heterocycles. The molecule has 0 saturated heterocycles. The van der Waals surface area contributed by atoms with Crippen LogP contribution in [-0.4, -0.2) is 13.4 Å². The molecule has 1 fully saturated rings. The van der Waals surface area contributed by atoms with Gasteiger partial charge >= 0.3 is 0 Å². The number of sulfonamides is 1. The van der Waals surface area contributed by atoms with E-state index in [9.17, 15) is 17.2 Å². The summed E-state index contributed by atoms with van der Waals surface area (Å²) in [5, 5.41) is 2.52. The highest BCUT2D eigenvalue weighted by atomic mass is 32.2. The van der Waals surface area contributed by atoms with E-state index in [0.717, 1.165) is 30.7 Å². The van der Waals surface area contributed by atoms with Crippen molar-refractivity contribution in [3.63, 3.8) is 0 Å². The molecular formula is C14H14F2N2O2S2. The minimum atomic E-state index is -4.08. The first-order valence-corrected chi connectivity index (χ1v) is 9.12. The van der Waals surface area contributed by atoms with Gasteiger partial charge in [0.1, 0.15) is 21.5 Å². The van der Waals surface area contributed by atoms with E-state index >= 15 is 0 Å². The van der Waals surface area contributed by atoms with Gasteiger partial charge in [-0.25, -0.2) is 26.9 Å². The molecule has 1 aliphatic carbocycles. The average Bonchev–Trinajstić information content (AvgIpc) is 3.17. The standard InChI is InChI=1S/C14H14F2N2O2S2/c1-8-7-21-14(17-8)13(9-2-3-9)18-22(19,20)12-5-4-10(15)6-11(12)16/h4-7,9,13,18H,2-3H2,1H3/t13-/m1/s1. The van der Waals surface area contributed by atoms with Gasteiger partial charge < -0.3 is 0 Å². The quantitative estimate of drug-likeness (QED) is 0.906. The first-order chi connectivity index (χ1) is 10.4. The number of aromatic nitrogens is 1. The van der Waals surface area contributed by atoms with Gasteiger partial charge in [0.25, 0.3) is 0 Å². The molecule has 1 aromatic carbocycles. The SMILES string of the molecule is Cc1csc([C@H](NS(=O)(=O)c2ccc(F)cc2F)C2CC2)n1. The number of hydrogen-bond acceptors (Lipinski definition) is 4. The third-order valence-electron chi connectivity index (χ3n) is 3.46. The van der Waals surface area contributed by atoms with Crippen LogP contribution in [0.25, 0.3) is 0 Å². The van der Waals surface area contributed by atoms with E-state index in [0.29, 0.717) is 11.1 Å². The van der Waals surface area contributed by atoms with Crippen molar-refractivity contribution in [2.45, 2.75) is 30.7 Å². The van der Waals surface area contributed by atoms with E-state index in [4.69, 9.17) is 0 Å². The fourth-order valence-electron chi connectivity index (χ4n) is 2.22. The van der Waals surface area contributed by atoms with Crippen LogP contribution in [0.15, 0.2) is 28.5 Å². The Morgan fingerprint density at radius 3 is 2.64 bits per heavy atom. The van der Waals surface area contributed by atoms with Crippen LogP contribution in [0.3, 0.4) is 0 Å². The summed E-state index contributed by atoms with van der Waals surface area (Å²) in [7, 11) is -4.08. The van der Waals surface area contributed by atoms with Gasteiger partial charge in [0.15, 0.2) is 0 Å². The predicted octanol–water partition coefficient (Wildman–Crippen LogP) is 3.16. The Morgan fingerprint density at radius 1 is 1.36 bits per heavy atom. The molecule has 1 N–H and O–H groups in total. The molecule has 0 spiro atoms. The van der Waals surface area contributed by atoms with E-state index < -0.39 is 32.6 Å². The molecule has 0 radical (unpaired) electrons. The largest absolute Gasteiger partial charge is 0.245 e. The molecule has 0 unspecified atom stereocenters. The lowest BCUT2D eigenvalue weighted by Gasteiger charge is -2.16. The van der Waals surface area contributed by atoms with Gasteiger partial charge in [-0.05, 0) is 37.8 Å². The maximum Gasteiger partial charge on any atom is 0.244 e. The fraction of sp³-hybridized carbons (Fsp3) is 0.357. The summed E-state index contributed by atoms with van der Waals surface area (Å²) in [6.07, 6.45) is 1.80. The maximum atomic E-state index is 13.7. The molecule has 118 valence electrons. The van der Waals surface area contributed by atoms with Crippen molar-refractivity contribution in [3.05, 3.63) is 45.9 Å². The van der Waals surface area contributed by atoms with Crippen molar-refractivity contribution in [2.24, 2.45) is 5.92 Å². The zero-order chi connectivity index (χ0) is 15.9. The average molecular weight is 344 g/mol. The van der Waals surface area contributed by atoms with Crippen LogP contribution in [-0.2, 0) is 10.0 Å². The van der Waals surface area contributed by atoms with Crippen LogP contribution in [0, 0.1) is 24.5 Å². The van der Waals surface area contributed by atoms with Gasteiger partial charge in [-0.3, -0.25) is 0 Å².